The molecule has 3 atom stereocenters. The summed E-state index contributed by atoms with van der Waals surface area (Å²) in [5.41, 5.74) is 0. The number of anilines is 1. The van der Waals surface area contributed by atoms with E-state index in [4.69, 9.17) is 0 Å². The van der Waals surface area contributed by atoms with Crippen LogP contribution in [0.2, 0.25) is 0 Å². The Bertz CT molecular complexity index is 770. The Hall–Kier alpha value is -2.67. The van der Waals surface area contributed by atoms with Crippen LogP contribution in [-0.2, 0) is 6.54 Å². The highest BCUT2D eigenvalue weighted by Crippen LogP contribution is 2.29. The van der Waals surface area contributed by atoms with Crippen LogP contribution in [0.5, 0.6) is 0 Å². The summed E-state index contributed by atoms with van der Waals surface area (Å²) in [7, 11) is 0. The Morgan fingerprint density at radius 3 is 2.92 bits per heavy atom. The molecule has 2 N–H and O–H groups in total. The molecule has 3 aromatic heterocycles. The van der Waals surface area contributed by atoms with E-state index in [0.29, 0.717) is 5.92 Å². The van der Waals surface area contributed by atoms with Crippen LogP contribution in [0, 0.1) is 5.92 Å². The third-order valence-corrected chi connectivity index (χ3v) is 4.47. The Morgan fingerprint density at radius 2 is 2.12 bits per heavy atom. The maximum atomic E-state index is 10.4. The van der Waals surface area contributed by atoms with Gasteiger partial charge in [0.25, 0.3) is 0 Å². The number of aliphatic hydroxyl groups is 1. The zero-order valence-electron chi connectivity index (χ0n) is 13.2. The van der Waals surface area contributed by atoms with E-state index in [1.807, 2.05) is 45.9 Å². The van der Waals surface area contributed by atoms with Gasteiger partial charge in [-0.3, -0.25) is 9.25 Å². The summed E-state index contributed by atoms with van der Waals surface area (Å²) in [5.74, 6) is 1.98. The molecular formula is C17H20N6O. The van der Waals surface area contributed by atoms with Gasteiger partial charge in [0.05, 0.1) is 12.1 Å². The molecule has 7 heteroatoms. The van der Waals surface area contributed by atoms with E-state index in [-0.39, 0.29) is 12.1 Å². The zero-order valence-corrected chi connectivity index (χ0v) is 13.2. The van der Waals surface area contributed by atoms with Crippen LogP contribution in [0.15, 0.2) is 55.4 Å². The van der Waals surface area contributed by atoms with Gasteiger partial charge in [-0.25, -0.2) is 9.97 Å². The van der Waals surface area contributed by atoms with Crippen molar-refractivity contribution in [1.29, 1.82) is 0 Å². The van der Waals surface area contributed by atoms with E-state index in [0.717, 1.165) is 31.0 Å². The fraction of sp³-hybridized carbons (Fsp3) is 0.353. The lowest BCUT2D eigenvalue weighted by Crippen LogP contribution is -2.28. The highest BCUT2D eigenvalue weighted by Gasteiger charge is 2.33. The summed E-state index contributed by atoms with van der Waals surface area (Å²) >= 11 is 0. The number of imidazole rings is 1. The monoisotopic (exact) mass is 324 g/mol. The van der Waals surface area contributed by atoms with Crippen LogP contribution in [-0.4, -0.2) is 41.6 Å². The van der Waals surface area contributed by atoms with Crippen LogP contribution in [0.4, 0.5) is 5.82 Å². The first-order chi connectivity index (χ1) is 11.8. The van der Waals surface area contributed by atoms with Gasteiger partial charge in [0.2, 0.25) is 0 Å². The van der Waals surface area contributed by atoms with Crippen LogP contribution in [0.1, 0.15) is 12.8 Å². The Balaban J connectivity index is 1.42. The number of aromatic nitrogens is 5. The van der Waals surface area contributed by atoms with Crippen molar-refractivity contribution in [3.8, 4) is 5.82 Å². The fourth-order valence-corrected chi connectivity index (χ4v) is 3.33. The Labute approximate surface area is 140 Å². The SMILES string of the molecule is O[C@@H]1CC(Cn2cccn2)C[C@H]1Nc1cccc(-n2ccnc2)n1. The zero-order chi connectivity index (χ0) is 16.4. The summed E-state index contributed by atoms with van der Waals surface area (Å²) in [6.45, 7) is 0.838. The molecule has 1 aliphatic rings. The second-order valence-electron chi connectivity index (χ2n) is 6.23. The lowest BCUT2D eigenvalue weighted by atomic mass is 10.1. The molecule has 0 aromatic carbocycles. The maximum absolute atomic E-state index is 10.4. The van der Waals surface area contributed by atoms with Gasteiger partial charge in [0, 0.05) is 31.3 Å². The molecule has 1 aliphatic carbocycles. The second-order valence-corrected chi connectivity index (χ2v) is 6.23. The van der Waals surface area contributed by atoms with Crippen molar-refractivity contribution in [2.24, 2.45) is 5.92 Å². The lowest BCUT2D eigenvalue weighted by molar-refractivity contribution is 0.166. The number of hydrogen-bond donors (Lipinski definition) is 2. The first kappa shape index (κ1) is 14.9. The molecular weight excluding hydrogens is 304 g/mol. The molecule has 124 valence electrons. The largest absolute Gasteiger partial charge is 0.391 e. The molecule has 0 radical (unpaired) electrons. The van der Waals surface area contributed by atoms with Gasteiger partial charge in [0.15, 0.2) is 0 Å². The normalized spacial score (nSPS) is 23.5. The van der Waals surface area contributed by atoms with Crippen LogP contribution in [0.3, 0.4) is 0 Å². The molecule has 0 saturated heterocycles. The van der Waals surface area contributed by atoms with Crippen LogP contribution >= 0.6 is 0 Å². The molecule has 1 unspecified atom stereocenters. The number of hydrogen-bond acceptors (Lipinski definition) is 5. The minimum atomic E-state index is -0.371. The molecule has 1 fully saturated rings. The number of rotatable bonds is 5. The molecule has 1 saturated carbocycles. The Morgan fingerprint density at radius 1 is 1.17 bits per heavy atom. The highest BCUT2D eigenvalue weighted by molar-refractivity contribution is 5.41. The van der Waals surface area contributed by atoms with E-state index in [9.17, 15) is 5.11 Å². The average Bonchev–Trinajstić information content (AvgIpc) is 3.32. The third kappa shape index (κ3) is 3.16. The molecule has 0 aliphatic heterocycles. The topological polar surface area (TPSA) is 80.8 Å². The van der Waals surface area contributed by atoms with Crippen molar-refractivity contribution in [3.63, 3.8) is 0 Å². The minimum Gasteiger partial charge on any atom is -0.391 e. The lowest BCUT2D eigenvalue weighted by Gasteiger charge is -2.17. The molecule has 0 bridgehead atoms. The number of nitrogens with zero attached hydrogens (tertiary/aromatic N) is 5. The van der Waals surface area contributed by atoms with E-state index in [1.165, 1.54) is 0 Å². The maximum Gasteiger partial charge on any atom is 0.140 e. The minimum absolute atomic E-state index is 0.0103. The smallest absolute Gasteiger partial charge is 0.140 e. The van der Waals surface area contributed by atoms with Crippen molar-refractivity contribution in [1.82, 2.24) is 24.3 Å². The second kappa shape index (κ2) is 6.45. The van der Waals surface area contributed by atoms with Crippen molar-refractivity contribution in [2.45, 2.75) is 31.5 Å². The molecule has 4 rings (SSSR count). The fourth-order valence-electron chi connectivity index (χ4n) is 3.33. The first-order valence-electron chi connectivity index (χ1n) is 8.15. The van der Waals surface area contributed by atoms with Crippen molar-refractivity contribution < 1.29 is 5.11 Å². The van der Waals surface area contributed by atoms with Crippen molar-refractivity contribution >= 4 is 5.82 Å². The molecule has 24 heavy (non-hydrogen) atoms. The molecule has 7 nitrogen and oxygen atoms in total. The molecule has 3 heterocycles. The van der Waals surface area contributed by atoms with Gasteiger partial charge in [-0.1, -0.05) is 6.07 Å². The number of pyridine rings is 1. The van der Waals surface area contributed by atoms with Crippen LogP contribution in [0.25, 0.3) is 5.82 Å². The van der Waals surface area contributed by atoms with Gasteiger partial charge in [-0.2, -0.15) is 5.10 Å². The van der Waals surface area contributed by atoms with Gasteiger partial charge < -0.3 is 10.4 Å². The molecule has 3 aromatic rings. The van der Waals surface area contributed by atoms with Gasteiger partial charge in [-0.15, -0.1) is 0 Å². The van der Waals surface area contributed by atoms with Crippen molar-refractivity contribution in [3.05, 3.63) is 55.4 Å². The predicted octanol–water partition coefficient (Wildman–Crippen LogP) is 1.72. The molecule has 0 spiro atoms. The molecule has 0 amide bonds. The van der Waals surface area contributed by atoms with E-state index >= 15 is 0 Å². The van der Waals surface area contributed by atoms with E-state index in [1.54, 1.807) is 18.7 Å². The summed E-state index contributed by atoms with van der Waals surface area (Å²) in [4.78, 5) is 8.64. The van der Waals surface area contributed by atoms with Crippen molar-refractivity contribution in [2.75, 3.05) is 5.32 Å². The van der Waals surface area contributed by atoms with Gasteiger partial charge in [-0.05, 0) is 37.0 Å². The summed E-state index contributed by atoms with van der Waals surface area (Å²) < 4.78 is 3.79. The first-order valence-corrected chi connectivity index (χ1v) is 8.15. The highest BCUT2D eigenvalue weighted by atomic mass is 16.3. The van der Waals surface area contributed by atoms with Gasteiger partial charge >= 0.3 is 0 Å². The summed E-state index contributed by atoms with van der Waals surface area (Å²) in [6, 6.07) is 7.74. The van der Waals surface area contributed by atoms with E-state index < -0.39 is 0 Å². The number of nitrogens with one attached hydrogen (secondary N) is 1. The average molecular weight is 324 g/mol. The predicted molar refractivity (Wildman–Crippen MR) is 89.7 cm³/mol. The number of aliphatic hydroxyl groups excluding tert-OH is 1. The third-order valence-electron chi connectivity index (χ3n) is 4.47. The Kier molecular flexibility index (Phi) is 4.00. The summed E-state index contributed by atoms with van der Waals surface area (Å²) in [6.07, 6.45) is 10.4. The van der Waals surface area contributed by atoms with Crippen LogP contribution < -0.4 is 5.32 Å². The van der Waals surface area contributed by atoms with Gasteiger partial charge in [0.1, 0.15) is 18.0 Å². The van der Waals surface area contributed by atoms with E-state index in [2.05, 4.69) is 20.4 Å². The quantitative estimate of drug-likeness (QED) is 0.747. The summed E-state index contributed by atoms with van der Waals surface area (Å²) in [5, 5.41) is 18.0. The standard InChI is InChI=1S/C17H20N6O/c24-15-10-13(11-23-7-2-5-19-23)9-14(15)20-16-3-1-4-17(21-16)22-8-6-18-12-22/h1-8,12-15,24H,9-11H2,(H,20,21)/t13?,14-,15-/m1/s1.